The number of anilines is 1. The molecule has 3 heterocycles. The predicted molar refractivity (Wildman–Crippen MR) is 122 cm³/mol. The number of rotatable bonds is 4. The average Bonchev–Trinajstić information content (AvgIpc) is 3.48. The molecule has 1 atom stereocenters. The Kier molecular flexibility index (Phi) is 5.26. The number of imidazole rings is 1. The van der Waals surface area contributed by atoms with Crippen LogP contribution in [0.25, 0.3) is 0 Å². The van der Waals surface area contributed by atoms with Crippen molar-refractivity contribution in [1.82, 2.24) is 14.5 Å². The van der Waals surface area contributed by atoms with Gasteiger partial charge in [0.25, 0.3) is 10.0 Å². The number of nitrogens with one attached hydrogen (secondary N) is 1. The maximum atomic E-state index is 13.1. The summed E-state index contributed by atoms with van der Waals surface area (Å²) in [6.07, 6.45) is 5.07. The van der Waals surface area contributed by atoms with Gasteiger partial charge in [-0.2, -0.15) is 8.42 Å². The molecule has 0 radical (unpaired) electrons. The average molecular weight is 468 g/mol. The maximum absolute atomic E-state index is 13.1. The second-order valence-electron chi connectivity index (χ2n) is 7.67. The molecule has 2 aromatic carbocycles. The van der Waals surface area contributed by atoms with Gasteiger partial charge in [-0.05, 0) is 49.2 Å². The first kappa shape index (κ1) is 20.8. The van der Waals surface area contributed by atoms with Crippen molar-refractivity contribution in [1.29, 1.82) is 0 Å². The van der Waals surface area contributed by atoms with Gasteiger partial charge in [-0.1, -0.05) is 23.9 Å². The summed E-state index contributed by atoms with van der Waals surface area (Å²) in [5.41, 5.74) is 1.25. The number of carbonyl (C=O) groups excluding carboxylic acids is 1. The number of benzene rings is 2. The van der Waals surface area contributed by atoms with Gasteiger partial charge in [-0.3, -0.25) is 4.79 Å². The topological polar surface area (TPSA) is 96.7 Å². The molecule has 164 valence electrons. The van der Waals surface area contributed by atoms with E-state index in [0.29, 0.717) is 30.1 Å². The molecule has 1 aromatic heterocycles. The lowest BCUT2D eigenvalue weighted by Crippen LogP contribution is -2.43. The Labute approximate surface area is 190 Å². The first-order valence-electron chi connectivity index (χ1n) is 10.2. The lowest BCUT2D eigenvalue weighted by Gasteiger charge is -2.25. The number of amidine groups is 1. The Morgan fingerprint density at radius 2 is 1.94 bits per heavy atom. The molecule has 0 spiro atoms. The van der Waals surface area contributed by atoms with Gasteiger partial charge in [0.05, 0.1) is 0 Å². The Balaban J connectivity index is 1.31. The number of likely N-dealkylation sites (tertiary alicyclic amines) is 1. The van der Waals surface area contributed by atoms with E-state index in [0.717, 1.165) is 16.5 Å². The van der Waals surface area contributed by atoms with Crippen molar-refractivity contribution in [2.75, 3.05) is 11.9 Å². The van der Waals surface area contributed by atoms with Crippen molar-refractivity contribution in [2.45, 2.75) is 33.8 Å². The minimum Gasteiger partial charge on any atom is -0.343 e. The molecule has 0 unspecified atom stereocenters. The zero-order valence-electron chi connectivity index (χ0n) is 17.3. The van der Waals surface area contributed by atoms with E-state index < -0.39 is 16.1 Å². The highest BCUT2D eigenvalue weighted by atomic mass is 32.2. The highest BCUT2D eigenvalue weighted by molar-refractivity contribution is 7.99. The predicted octanol–water partition coefficient (Wildman–Crippen LogP) is 3.12. The van der Waals surface area contributed by atoms with Crippen molar-refractivity contribution in [3.05, 3.63) is 66.5 Å². The Morgan fingerprint density at radius 1 is 1.16 bits per heavy atom. The summed E-state index contributed by atoms with van der Waals surface area (Å²) < 4.78 is 30.8. The molecule has 1 N–H and O–H groups in total. The molecule has 2 aliphatic heterocycles. The zero-order chi connectivity index (χ0) is 22.3. The number of fused-ring (bicyclic) bond motifs is 1. The molecule has 1 saturated heterocycles. The van der Waals surface area contributed by atoms with Crippen LogP contribution in [0.5, 0.6) is 0 Å². The summed E-state index contributed by atoms with van der Waals surface area (Å²) in [6, 6.07) is 13.9. The Bertz CT molecular complexity index is 1320. The van der Waals surface area contributed by atoms with Gasteiger partial charge in [0.1, 0.15) is 10.9 Å². The maximum Gasteiger partial charge on any atom is 0.285 e. The molecule has 0 bridgehead atoms. The summed E-state index contributed by atoms with van der Waals surface area (Å²) in [6.45, 7) is 0.583. The van der Waals surface area contributed by atoms with E-state index in [4.69, 9.17) is 0 Å². The SMILES string of the molecule is Cn1ccnc1Sc1ccc(NC(=O)[C@@H]2CCCN2C2=NS(=O)(=O)c3ccccc32)cc1. The molecule has 10 heteroatoms. The molecule has 8 nitrogen and oxygen atoms in total. The van der Waals surface area contributed by atoms with Crippen LogP contribution in [-0.2, 0) is 21.9 Å². The van der Waals surface area contributed by atoms with E-state index in [9.17, 15) is 13.2 Å². The van der Waals surface area contributed by atoms with Crippen LogP contribution in [0.4, 0.5) is 5.69 Å². The van der Waals surface area contributed by atoms with E-state index >= 15 is 0 Å². The van der Waals surface area contributed by atoms with Gasteiger partial charge in [0.15, 0.2) is 11.0 Å². The van der Waals surface area contributed by atoms with Crippen LogP contribution in [-0.4, -0.2) is 47.2 Å². The largest absolute Gasteiger partial charge is 0.343 e. The first-order valence-corrected chi connectivity index (χ1v) is 12.5. The van der Waals surface area contributed by atoms with Gasteiger partial charge >= 0.3 is 0 Å². The number of hydrogen-bond donors (Lipinski definition) is 1. The third-order valence-electron chi connectivity index (χ3n) is 5.55. The number of sulfonamides is 1. The third-order valence-corrected chi connectivity index (χ3v) is 7.96. The molecule has 2 aliphatic rings. The highest BCUT2D eigenvalue weighted by Crippen LogP contribution is 2.32. The second-order valence-corrected chi connectivity index (χ2v) is 10.3. The van der Waals surface area contributed by atoms with Gasteiger partial charge in [0, 0.05) is 42.1 Å². The molecular formula is C22H21N5O3S2. The molecule has 0 saturated carbocycles. The van der Waals surface area contributed by atoms with Crippen LogP contribution in [0.1, 0.15) is 18.4 Å². The fourth-order valence-corrected chi connectivity index (χ4v) is 5.99. The molecular weight excluding hydrogens is 446 g/mol. The smallest absolute Gasteiger partial charge is 0.285 e. The van der Waals surface area contributed by atoms with Crippen molar-refractivity contribution < 1.29 is 13.2 Å². The fourth-order valence-electron chi connectivity index (χ4n) is 3.98. The lowest BCUT2D eigenvalue weighted by molar-refractivity contribution is -0.119. The fraction of sp³-hybridized carbons (Fsp3) is 0.227. The van der Waals surface area contributed by atoms with E-state index in [2.05, 4.69) is 14.7 Å². The zero-order valence-corrected chi connectivity index (χ0v) is 18.9. The quantitative estimate of drug-likeness (QED) is 0.633. The van der Waals surface area contributed by atoms with Crippen molar-refractivity contribution in [3.8, 4) is 0 Å². The van der Waals surface area contributed by atoms with Crippen LogP contribution < -0.4 is 5.32 Å². The normalized spacial score (nSPS) is 19.0. The van der Waals surface area contributed by atoms with Gasteiger partial charge in [0.2, 0.25) is 5.91 Å². The molecule has 1 fully saturated rings. The van der Waals surface area contributed by atoms with Crippen molar-refractivity contribution >= 4 is 39.2 Å². The minimum atomic E-state index is -3.72. The van der Waals surface area contributed by atoms with Gasteiger partial charge < -0.3 is 14.8 Å². The minimum absolute atomic E-state index is 0.170. The van der Waals surface area contributed by atoms with Crippen LogP contribution in [0.15, 0.2) is 80.3 Å². The number of amides is 1. The van der Waals surface area contributed by atoms with E-state index in [-0.39, 0.29) is 10.8 Å². The van der Waals surface area contributed by atoms with E-state index in [1.54, 1.807) is 42.2 Å². The van der Waals surface area contributed by atoms with E-state index in [1.165, 1.54) is 0 Å². The number of aromatic nitrogens is 2. The van der Waals surface area contributed by atoms with Crippen LogP contribution >= 0.6 is 11.8 Å². The second kappa shape index (κ2) is 8.10. The summed E-state index contributed by atoms with van der Waals surface area (Å²) in [5, 5.41) is 3.85. The third kappa shape index (κ3) is 3.80. The lowest BCUT2D eigenvalue weighted by atomic mass is 10.1. The Hall–Kier alpha value is -3.11. The molecule has 32 heavy (non-hydrogen) atoms. The molecule has 0 aliphatic carbocycles. The summed E-state index contributed by atoms with van der Waals surface area (Å²) in [5.74, 6) is 0.191. The van der Waals surface area contributed by atoms with E-state index in [1.807, 2.05) is 47.0 Å². The number of nitrogens with zero attached hydrogens (tertiary/aromatic N) is 4. The Morgan fingerprint density at radius 3 is 2.69 bits per heavy atom. The summed E-state index contributed by atoms with van der Waals surface area (Å²) in [7, 11) is -1.78. The molecule has 3 aromatic rings. The standard InChI is InChI=1S/C22H21N5O3S2/c1-26-14-12-23-22(26)31-16-10-8-15(9-11-16)24-21(28)18-6-4-13-27(18)20-17-5-2-3-7-19(17)32(29,30)25-20/h2-3,5,7-12,14,18H,4,6,13H2,1H3,(H,24,28)/t18-/m0/s1. The summed E-state index contributed by atoms with van der Waals surface area (Å²) in [4.78, 5) is 20.4. The molecule has 1 amide bonds. The highest BCUT2D eigenvalue weighted by Gasteiger charge is 2.39. The van der Waals surface area contributed by atoms with Crippen molar-refractivity contribution in [3.63, 3.8) is 0 Å². The van der Waals surface area contributed by atoms with Crippen LogP contribution in [0.2, 0.25) is 0 Å². The number of aryl methyl sites for hydroxylation is 1. The summed E-state index contributed by atoms with van der Waals surface area (Å²) >= 11 is 1.54. The van der Waals surface area contributed by atoms with Gasteiger partial charge in [-0.15, -0.1) is 4.40 Å². The monoisotopic (exact) mass is 467 g/mol. The van der Waals surface area contributed by atoms with Crippen LogP contribution in [0, 0.1) is 0 Å². The first-order chi connectivity index (χ1) is 15.4. The van der Waals surface area contributed by atoms with Gasteiger partial charge in [-0.25, -0.2) is 4.98 Å². The van der Waals surface area contributed by atoms with Crippen molar-refractivity contribution in [2.24, 2.45) is 11.4 Å². The molecule has 5 rings (SSSR count). The number of carbonyl (C=O) groups is 1. The number of hydrogen-bond acceptors (Lipinski definition) is 6. The van der Waals surface area contributed by atoms with Crippen LogP contribution in [0.3, 0.4) is 0 Å².